The zero-order valence-corrected chi connectivity index (χ0v) is 14.8. The highest BCUT2D eigenvalue weighted by Gasteiger charge is 2.29. The molecule has 1 atom stereocenters. The van der Waals surface area contributed by atoms with Gasteiger partial charge in [0.15, 0.2) is 9.84 Å². The van der Waals surface area contributed by atoms with Gasteiger partial charge in [-0.15, -0.1) is 0 Å². The van der Waals surface area contributed by atoms with Crippen molar-refractivity contribution in [3.8, 4) is 0 Å². The lowest BCUT2D eigenvalue weighted by Crippen LogP contribution is -2.45. The molecule has 1 N–H and O–H groups in total. The highest BCUT2D eigenvalue weighted by molar-refractivity contribution is 7.91. The Balaban J connectivity index is 1.38. The first-order valence-electron chi connectivity index (χ1n) is 8.76. The molecule has 0 aromatic heterocycles. The van der Waals surface area contributed by atoms with Crippen LogP contribution >= 0.6 is 0 Å². The summed E-state index contributed by atoms with van der Waals surface area (Å²) in [6.45, 7) is 2.26. The van der Waals surface area contributed by atoms with Crippen LogP contribution in [0.2, 0.25) is 0 Å². The molecule has 0 unspecified atom stereocenters. The number of hydrogen-bond acceptors (Lipinski definition) is 4. The van der Waals surface area contributed by atoms with Gasteiger partial charge in [0.1, 0.15) is 0 Å². The Morgan fingerprint density at radius 2 is 1.83 bits per heavy atom. The Labute approximate surface area is 144 Å². The van der Waals surface area contributed by atoms with E-state index in [1.165, 1.54) is 5.56 Å². The molecule has 2 heterocycles. The topological polar surface area (TPSA) is 66.5 Å². The van der Waals surface area contributed by atoms with Crippen molar-refractivity contribution in [1.82, 2.24) is 10.2 Å². The van der Waals surface area contributed by atoms with Crippen molar-refractivity contribution in [2.24, 2.45) is 5.92 Å². The maximum absolute atomic E-state index is 12.1. The van der Waals surface area contributed by atoms with Crippen molar-refractivity contribution in [2.45, 2.75) is 31.7 Å². The SMILES string of the molecule is O=C(CN1CCC(Cc2ccccc2)CC1)N[C@@H]1CCS(=O)(=O)C1. The Morgan fingerprint density at radius 3 is 2.46 bits per heavy atom. The van der Waals surface area contributed by atoms with Gasteiger partial charge in [-0.2, -0.15) is 0 Å². The molecule has 0 saturated carbocycles. The fourth-order valence-corrected chi connectivity index (χ4v) is 5.35. The van der Waals surface area contributed by atoms with Crippen LogP contribution in [0.15, 0.2) is 30.3 Å². The monoisotopic (exact) mass is 350 g/mol. The summed E-state index contributed by atoms with van der Waals surface area (Å²) >= 11 is 0. The van der Waals surface area contributed by atoms with Gasteiger partial charge in [-0.3, -0.25) is 9.69 Å². The van der Waals surface area contributed by atoms with Gasteiger partial charge in [0.05, 0.1) is 18.1 Å². The molecule has 0 aliphatic carbocycles. The average Bonchev–Trinajstić information content (AvgIpc) is 2.89. The van der Waals surface area contributed by atoms with E-state index in [0.29, 0.717) is 18.9 Å². The number of carbonyl (C=O) groups excluding carboxylic acids is 1. The van der Waals surface area contributed by atoms with Crippen LogP contribution in [0.4, 0.5) is 0 Å². The first-order valence-corrected chi connectivity index (χ1v) is 10.6. The van der Waals surface area contributed by atoms with Crippen LogP contribution in [0.1, 0.15) is 24.8 Å². The number of benzene rings is 1. The molecule has 6 heteroatoms. The largest absolute Gasteiger partial charge is 0.351 e. The summed E-state index contributed by atoms with van der Waals surface area (Å²) in [7, 11) is -2.94. The Kier molecular flexibility index (Phi) is 5.56. The predicted molar refractivity (Wildman–Crippen MR) is 94.5 cm³/mol. The number of hydrogen-bond donors (Lipinski definition) is 1. The van der Waals surface area contributed by atoms with E-state index in [1.807, 2.05) is 6.07 Å². The third kappa shape index (κ3) is 5.05. The smallest absolute Gasteiger partial charge is 0.234 e. The van der Waals surface area contributed by atoms with Gasteiger partial charge in [0.2, 0.25) is 5.91 Å². The molecule has 132 valence electrons. The van der Waals surface area contributed by atoms with Crippen LogP contribution in [-0.2, 0) is 21.1 Å². The lowest BCUT2D eigenvalue weighted by molar-refractivity contribution is -0.123. The minimum atomic E-state index is -2.94. The maximum atomic E-state index is 12.1. The number of piperidine rings is 1. The summed E-state index contributed by atoms with van der Waals surface area (Å²) < 4.78 is 22.9. The van der Waals surface area contributed by atoms with E-state index in [2.05, 4.69) is 34.5 Å². The van der Waals surface area contributed by atoms with E-state index in [9.17, 15) is 13.2 Å². The molecular formula is C18H26N2O3S. The second-order valence-corrected chi connectivity index (χ2v) is 9.31. The molecule has 1 aromatic carbocycles. The molecule has 3 rings (SSSR count). The van der Waals surface area contributed by atoms with E-state index >= 15 is 0 Å². The van der Waals surface area contributed by atoms with Crippen molar-refractivity contribution < 1.29 is 13.2 Å². The van der Waals surface area contributed by atoms with Crippen molar-refractivity contribution in [2.75, 3.05) is 31.1 Å². The van der Waals surface area contributed by atoms with Gasteiger partial charge in [-0.05, 0) is 50.3 Å². The van der Waals surface area contributed by atoms with E-state index in [1.54, 1.807) is 0 Å². The fourth-order valence-electron chi connectivity index (χ4n) is 3.68. The minimum Gasteiger partial charge on any atom is -0.351 e. The molecule has 0 spiro atoms. The number of rotatable bonds is 5. The number of sulfone groups is 1. The van der Waals surface area contributed by atoms with Gasteiger partial charge in [0, 0.05) is 6.04 Å². The first kappa shape index (κ1) is 17.4. The lowest BCUT2D eigenvalue weighted by Gasteiger charge is -2.31. The fraction of sp³-hybridized carbons (Fsp3) is 0.611. The second kappa shape index (κ2) is 7.66. The van der Waals surface area contributed by atoms with Crippen LogP contribution in [-0.4, -0.2) is 56.4 Å². The predicted octanol–water partition coefficient (Wildman–Crippen LogP) is 1.24. The molecule has 24 heavy (non-hydrogen) atoms. The van der Waals surface area contributed by atoms with Crippen molar-refractivity contribution in [3.63, 3.8) is 0 Å². The molecule has 2 fully saturated rings. The second-order valence-electron chi connectivity index (χ2n) is 7.08. The van der Waals surface area contributed by atoms with E-state index < -0.39 is 9.84 Å². The van der Waals surface area contributed by atoms with E-state index in [0.717, 1.165) is 32.4 Å². The molecule has 1 aromatic rings. The third-order valence-corrected chi connectivity index (χ3v) is 6.81. The Bertz CT molecular complexity index is 652. The first-order chi connectivity index (χ1) is 11.5. The number of nitrogens with one attached hydrogen (secondary N) is 1. The standard InChI is InChI=1S/C18H26N2O3S/c21-18(19-17-8-11-24(22,23)14-17)13-20-9-6-16(7-10-20)12-15-4-2-1-3-5-15/h1-5,16-17H,6-14H2,(H,19,21)/t17-/m1/s1. The summed E-state index contributed by atoms with van der Waals surface area (Å²) in [6, 6.07) is 10.4. The molecule has 1 amide bonds. The summed E-state index contributed by atoms with van der Waals surface area (Å²) in [4.78, 5) is 14.3. The Morgan fingerprint density at radius 1 is 1.12 bits per heavy atom. The van der Waals surface area contributed by atoms with Crippen molar-refractivity contribution >= 4 is 15.7 Å². The normalized spacial score (nSPS) is 24.8. The lowest BCUT2D eigenvalue weighted by atomic mass is 9.90. The van der Waals surface area contributed by atoms with Crippen LogP contribution in [0.5, 0.6) is 0 Å². The molecule has 5 nitrogen and oxygen atoms in total. The average molecular weight is 350 g/mol. The van der Waals surface area contributed by atoms with Crippen molar-refractivity contribution in [1.29, 1.82) is 0 Å². The third-order valence-electron chi connectivity index (χ3n) is 5.04. The number of likely N-dealkylation sites (tertiary alicyclic amines) is 1. The van der Waals surface area contributed by atoms with Crippen LogP contribution in [0, 0.1) is 5.92 Å². The highest BCUT2D eigenvalue weighted by Crippen LogP contribution is 2.21. The molecule has 2 aliphatic heterocycles. The molecular weight excluding hydrogens is 324 g/mol. The van der Waals surface area contributed by atoms with Gasteiger partial charge >= 0.3 is 0 Å². The van der Waals surface area contributed by atoms with Crippen LogP contribution in [0.25, 0.3) is 0 Å². The quantitative estimate of drug-likeness (QED) is 0.868. The highest BCUT2D eigenvalue weighted by atomic mass is 32.2. The summed E-state index contributed by atoms with van der Waals surface area (Å²) in [5, 5.41) is 2.87. The summed E-state index contributed by atoms with van der Waals surface area (Å²) in [6.07, 6.45) is 3.88. The molecule has 2 aliphatic rings. The maximum Gasteiger partial charge on any atom is 0.234 e. The zero-order valence-electron chi connectivity index (χ0n) is 14.0. The number of nitrogens with zero attached hydrogens (tertiary/aromatic N) is 1. The van der Waals surface area contributed by atoms with Crippen LogP contribution in [0.3, 0.4) is 0 Å². The molecule has 0 radical (unpaired) electrons. The number of amides is 1. The van der Waals surface area contributed by atoms with Crippen molar-refractivity contribution in [3.05, 3.63) is 35.9 Å². The zero-order chi connectivity index (χ0) is 17.0. The van der Waals surface area contributed by atoms with E-state index in [4.69, 9.17) is 0 Å². The van der Waals surface area contributed by atoms with Crippen LogP contribution < -0.4 is 5.32 Å². The minimum absolute atomic E-state index is 0.0430. The van der Waals surface area contributed by atoms with Gasteiger partial charge < -0.3 is 5.32 Å². The molecule has 2 saturated heterocycles. The Hall–Kier alpha value is -1.40. The van der Waals surface area contributed by atoms with Gasteiger partial charge in [-0.25, -0.2) is 8.42 Å². The molecule has 0 bridgehead atoms. The van der Waals surface area contributed by atoms with E-state index in [-0.39, 0.29) is 23.5 Å². The number of carbonyl (C=O) groups is 1. The summed E-state index contributed by atoms with van der Waals surface area (Å²) in [5.41, 5.74) is 1.39. The van der Waals surface area contributed by atoms with Gasteiger partial charge in [0.25, 0.3) is 0 Å². The van der Waals surface area contributed by atoms with Gasteiger partial charge in [-0.1, -0.05) is 30.3 Å². The summed E-state index contributed by atoms with van der Waals surface area (Å²) in [5.74, 6) is 0.936.